The zero-order valence-electron chi connectivity index (χ0n) is 9.39. The van der Waals surface area contributed by atoms with Crippen LogP contribution < -0.4 is 4.90 Å². The number of anilines is 1. The van der Waals surface area contributed by atoms with Crippen LogP contribution >= 0.6 is 23.2 Å². The molecule has 1 fully saturated rings. The highest BCUT2D eigenvalue weighted by Gasteiger charge is 2.18. The third kappa shape index (κ3) is 3.56. The second kappa shape index (κ2) is 6.19. The van der Waals surface area contributed by atoms with Crippen LogP contribution in [0.25, 0.3) is 0 Å². The first-order valence-corrected chi connectivity index (χ1v) is 6.30. The molecule has 0 saturated carbocycles. The maximum absolute atomic E-state index is 5.90. The van der Waals surface area contributed by atoms with Crippen molar-refractivity contribution in [3.05, 3.63) is 29.0 Å². The number of halogens is 2. The largest absolute Gasteiger partial charge is 0.338 e. The fourth-order valence-corrected chi connectivity index (χ4v) is 2.05. The van der Waals surface area contributed by atoms with Gasteiger partial charge in [0, 0.05) is 55.7 Å². The van der Waals surface area contributed by atoms with Crippen molar-refractivity contribution in [3.63, 3.8) is 0 Å². The van der Waals surface area contributed by atoms with Crippen molar-refractivity contribution in [2.75, 3.05) is 37.6 Å². The molecule has 0 amide bonds. The van der Waals surface area contributed by atoms with Gasteiger partial charge in [0.05, 0.1) is 0 Å². The van der Waals surface area contributed by atoms with Gasteiger partial charge in [-0.15, -0.1) is 0 Å². The topological polar surface area (TPSA) is 32.3 Å². The van der Waals surface area contributed by atoms with Crippen LogP contribution in [-0.2, 0) is 0 Å². The number of hydrogen-bond donors (Lipinski definition) is 0. The summed E-state index contributed by atoms with van der Waals surface area (Å²) in [7, 11) is 0. The van der Waals surface area contributed by atoms with Crippen molar-refractivity contribution in [3.8, 4) is 0 Å². The molecule has 0 atom stereocenters. The summed E-state index contributed by atoms with van der Waals surface area (Å²) in [5, 5.41) is 0.677. The zero-order chi connectivity index (χ0) is 12.1. The van der Waals surface area contributed by atoms with Crippen LogP contribution in [0, 0.1) is 0 Å². The summed E-state index contributed by atoms with van der Waals surface area (Å²) in [5.41, 5.74) is 1.42. The molecule has 1 aliphatic rings. The van der Waals surface area contributed by atoms with Crippen LogP contribution in [0.3, 0.4) is 0 Å². The summed E-state index contributed by atoms with van der Waals surface area (Å²) in [4.78, 5) is 12.9. The quantitative estimate of drug-likeness (QED) is 0.842. The van der Waals surface area contributed by atoms with Gasteiger partial charge in [-0.3, -0.25) is 4.90 Å². The molecule has 1 aliphatic heterocycles. The highest BCUT2D eigenvalue weighted by Crippen LogP contribution is 2.12. The van der Waals surface area contributed by atoms with E-state index in [-0.39, 0.29) is 0 Å². The van der Waals surface area contributed by atoms with Crippen molar-refractivity contribution in [1.29, 1.82) is 0 Å². The molecule has 1 aromatic rings. The van der Waals surface area contributed by atoms with Crippen LogP contribution in [-0.4, -0.2) is 47.6 Å². The Kier molecular flexibility index (Phi) is 4.59. The molecule has 0 radical (unpaired) electrons. The first kappa shape index (κ1) is 12.6. The summed E-state index contributed by atoms with van der Waals surface area (Å²) in [5.74, 6) is 0.797. The average molecular weight is 273 g/mol. The Bertz CT molecular complexity index is 374. The molecule has 0 aromatic carbocycles. The number of nitrogens with zero attached hydrogens (tertiary/aromatic N) is 4. The maximum Gasteiger partial charge on any atom is 0.225 e. The lowest BCUT2D eigenvalue weighted by molar-refractivity contribution is 0.280. The van der Waals surface area contributed by atoms with Crippen molar-refractivity contribution in [1.82, 2.24) is 14.9 Å². The minimum absolute atomic E-state index is 0.677. The second-order valence-electron chi connectivity index (χ2n) is 3.87. The predicted octanol–water partition coefficient (Wildman–Crippen LogP) is 1.92. The molecular weight excluding hydrogens is 259 g/mol. The molecule has 4 nitrogen and oxygen atoms in total. The average Bonchev–Trinajstić information content (AvgIpc) is 2.40. The van der Waals surface area contributed by atoms with Gasteiger partial charge < -0.3 is 4.90 Å². The SMILES string of the molecule is Cl/C=C(\Cl)CN1CCN(c2ncccn2)CC1. The summed E-state index contributed by atoms with van der Waals surface area (Å²) in [6, 6.07) is 1.82. The smallest absolute Gasteiger partial charge is 0.225 e. The molecule has 0 spiro atoms. The minimum atomic E-state index is 0.677. The van der Waals surface area contributed by atoms with Gasteiger partial charge >= 0.3 is 0 Å². The van der Waals surface area contributed by atoms with E-state index in [0.717, 1.165) is 32.1 Å². The summed E-state index contributed by atoms with van der Waals surface area (Å²) < 4.78 is 0. The van der Waals surface area contributed by atoms with Gasteiger partial charge in [-0.1, -0.05) is 23.2 Å². The van der Waals surface area contributed by atoms with Gasteiger partial charge in [-0.2, -0.15) is 0 Å². The molecule has 6 heteroatoms. The molecule has 0 aliphatic carbocycles. The Labute approximate surface area is 111 Å². The molecule has 1 saturated heterocycles. The molecule has 17 heavy (non-hydrogen) atoms. The van der Waals surface area contributed by atoms with Gasteiger partial charge in [0.15, 0.2) is 0 Å². The maximum atomic E-state index is 5.90. The Hall–Kier alpha value is -0.840. The summed E-state index contributed by atoms with van der Waals surface area (Å²) in [6.45, 7) is 4.43. The van der Waals surface area contributed by atoms with Crippen molar-refractivity contribution in [2.24, 2.45) is 0 Å². The summed E-state index contributed by atoms with van der Waals surface area (Å²) in [6.07, 6.45) is 3.53. The lowest BCUT2D eigenvalue weighted by Gasteiger charge is -2.34. The molecule has 0 bridgehead atoms. The third-order valence-corrected chi connectivity index (χ3v) is 3.30. The minimum Gasteiger partial charge on any atom is -0.338 e. The van der Waals surface area contributed by atoms with E-state index >= 15 is 0 Å². The second-order valence-corrected chi connectivity index (χ2v) is 4.57. The van der Waals surface area contributed by atoms with E-state index in [9.17, 15) is 0 Å². The van der Waals surface area contributed by atoms with E-state index in [1.807, 2.05) is 6.07 Å². The van der Waals surface area contributed by atoms with Crippen LogP contribution in [0.2, 0.25) is 0 Å². The molecule has 1 aromatic heterocycles. The van der Waals surface area contributed by atoms with E-state index in [4.69, 9.17) is 23.2 Å². The lowest BCUT2D eigenvalue weighted by Crippen LogP contribution is -2.47. The molecule has 0 N–H and O–H groups in total. The standard InChI is InChI=1S/C11H14Cl2N4/c12-8-10(13)9-16-4-6-17(7-5-16)11-14-2-1-3-15-11/h1-3,8H,4-7,9H2/b10-8-. The highest BCUT2D eigenvalue weighted by molar-refractivity contribution is 6.36. The van der Waals surface area contributed by atoms with Crippen molar-refractivity contribution >= 4 is 29.2 Å². The fourth-order valence-electron chi connectivity index (χ4n) is 1.81. The van der Waals surface area contributed by atoms with E-state index in [1.54, 1.807) is 12.4 Å². The fraction of sp³-hybridized carbons (Fsp3) is 0.455. The van der Waals surface area contributed by atoms with E-state index in [2.05, 4.69) is 19.8 Å². The number of piperazine rings is 1. The molecular formula is C11H14Cl2N4. The first-order chi connectivity index (χ1) is 8.29. The van der Waals surface area contributed by atoms with Crippen molar-refractivity contribution < 1.29 is 0 Å². The Balaban J connectivity index is 1.86. The zero-order valence-corrected chi connectivity index (χ0v) is 10.9. The number of hydrogen-bond acceptors (Lipinski definition) is 4. The van der Waals surface area contributed by atoms with Crippen LogP contribution in [0.1, 0.15) is 0 Å². The normalized spacial score (nSPS) is 18.5. The van der Waals surface area contributed by atoms with Gasteiger partial charge in [0.25, 0.3) is 0 Å². The third-order valence-electron chi connectivity index (χ3n) is 2.70. The van der Waals surface area contributed by atoms with Crippen LogP contribution in [0.15, 0.2) is 29.0 Å². The number of aromatic nitrogens is 2. The predicted molar refractivity (Wildman–Crippen MR) is 70.5 cm³/mol. The van der Waals surface area contributed by atoms with Gasteiger partial charge in [-0.25, -0.2) is 9.97 Å². The van der Waals surface area contributed by atoms with Gasteiger partial charge in [0.1, 0.15) is 0 Å². The molecule has 2 rings (SSSR count). The monoisotopic (exact) mass is 272 g/mol. The Morgan fingerprint density at radius 1 is 1.24 bits per heavy atom. The van der Waals surface area contributed by atoms with E-state index < -0.39 is 0 Å². The molecule has 92 valence electrons. The van der Waals surface area contributed by atoms with Crippen molar-refractivity contribution in [2.45, 2.75) is 0 Å². The van der Waals surface area contributed by atoms with Gasteiger partial charge in [-0.05, 0) is 6.07 Å². The number of rotatable bonds is 3. The van der Waals surface area contributed by atoms with E-state index in [1.165, 1.54) is 5.54 Å². The lowest BCUT2D eigenvalue weighted by atomic mass is 10.3. The van der Waals surface area contributed by atoms with E-state index in [0.29, 0.717) is 11.6 Å². The van der Waals surface area contributed by atoms with Crippen LogP contribution in [0.5, 0.6) is 0 Å². The first-order valence-electron chi connectivity index (χ1n) is 5.48. The molecule has 2 heterocycles. The Morgan fingerprint density at radius 3 is 2.47 bits per heavy atom. The summed E-state index contributed by atoms with van der Waals surface area (Å²) >= 11 is 11.4. The molecule has 0 unspecified atom stereocenters. The van der Waals surface area contributed by atoms with Gasteiger partial charge in [0.2, 0.25) is 5.95 Å². The van der Waals surface area contributed by atoms with Crippen LogP contribution in [0.4, 0.5) is 5.95 Å². The Morgan fingerprint density at radius 2 is 1.88 bits per heavy atom. The highest BCUT2D eigenvalue weighted by atomic mass is 35.5.